The number of carbonyl (C=O) groups is 3. The van der Waals surface area contributed by atoms with E-state index in [0.29, 0.717) is 43.1 Å². The van der Waals surface area contributed by atoms with Crippen LogP contribution < -0.4 is 5.32 Å². The van der Waals surface area contributed by atoms with Crippen molar-refractivity contribution in [2.75, 3.05) is 32.7 Å². The summed E-state index contributed by atoms with van der Waals surface area (Å²) in [6, 6.07) is 16.2. The maximum absolute atomic E-state index is 12.7. The Labute approximate surface area is 181 Å². The summed E-state index contributed by atoms with van der Waals surface area (Å²) in [5, 5.41) is 3.54. The third-order valence-corrected chi connectivity index (χ3v) is 5.54. The first-order valence-corrected chi connectivity index (χ1v) is 10.4. The molecule has 8 heteroatoms. The minimum atomic E-state index is -0.302. The Kier molecular flexibility index (Phi) is 5.85. The Hall–Kier alpha value is -3.13. The molecule has 3 aromatic rings. The highest BCUT2D eigenvalue weighted by molar-refractivity contribution is 9.10. The number of amides is 3. The molecule has 1 fully saturated rings. The Morgan fingerprint density at radius 2 is 1.67 bits per heavy atom. The van der Waals surface area contributed by atoms with Crippen LogP contribution in [-0.2, 0) is 4.79 Å². The van der Waals surface area contributed by atoms with Crippen molar-refractivity contribution in [1.29, 1.82) is 0 Å². The summed E-state index contributed by atoms with van der Waals surface area (Å²) in [7, 11) is 0. The van der Waals surface area contributed by atoms with E-state index in [1.54, 1.807) is 34.1 Å². The number of piperazine rings is 1. The number of benzene rings is 2. The number of halogens is 1. The fourth-order valence-corrected chi connectivity index (χ4v) is 3.80. The number of para-hydroxylation sites is 1. The lowest BCUT2D eigenvalue weighted by Crippen LogP contribution is -2.52. The molecular formula is C22H20BrN3O4. The van der Waals surface area contributed by atoms with Crippen molar-refractivity contribution in [2.45, 2.75) is 0 Å². The van der Waals surface area contributed by atoms with Gasteiger partial charge < -0.3 is 19.5 Å². The van der Waals surface area contributed by atoms with Crippen LogP contribution in [0, 0.1) is 0 Å². The van der Waals surface area contributed by atoms with Gasteiger partial charge in [-0.25, -0.2) is 0 Å². The van der Waals surface area contributed by atoms with Gasteiger partial charge in [-0.3, -0.25) is 14.4 Å². The molecule has 3 amide bonds. The zero-order chi connectivity index (χ0) is 21.1. The highest BCUT2D eigenvalue weighted by atomic mass is 79.9. The van der Waals surface area contributed by atoms with Crippen molar-refractivity contribution in [3.05, 3.63) is 70.4 Å². The van der Waals surface area contributed by atoms with Crippen molar-refractivity contribution in [2.24, 2.45) is 0 Å². The summed E-state index contributed by atoms with van der Waals surface area (Å²) >= 11 is 3.32. The molecule has 7 nitrogen and oxygen atoms in total. The van der Waals surface area contributed by atoms with Gasteiger partial charge in [0.25, 0.3) is 11.8 Å². The first kappa shape index (κ1) is 20.2. The summed E-state index contributed by atoms with van der Waals surface area (Å²) in [6.45, 7) is 1.58. The van der Waals surface area contributed by atoms with Gasteiger partial charge in [0.2, 0.25) is 5.91 Å². The number of furan rings is 1. The molecule has 1 aliphatic rings. The molecule has 1 aromatic heterocycles. The summed E-state index contributed by atoms with van der Waals surface area (Å²) < 4.78 is 6.45. The molecule has 1 saturated heterocycles. The molecule has 0 bridgehead atoms. The molecule has 2 heterocycles. The van der Waals surface area contributed by atoms with Crippen LogP contribution in [0.5, 0.6) is 0 Å². The van der Waals surface area contributed by atoms with E-state index in [4.69, 9.17) is 4.42 Å². The van der Waals surface area contributed by atoms with Gasteiger partial charge in [0.05, 0.1) is 6.54 Å². The molecule has 0 atom stereocenters. The van der Waals surface area contributed by atoms with E-state index >= 15 is 0 Å². The minimum Gasteiger partial charge on any atom is -0.451 e. The van der Waals surface area contributed by atoms with Crippen molar-refractivity contribution >= 4 is 44.6 Å². The normalized spacial score (nSPS) is 14.0. The van der Waals surface area contributed by atoms with E-state index < -0.39 is 0 Å². The second-order valence-electron chi connectivity index (χ2n) is 7.01. The Morgan fingerprint density at radius 3 is 2.40 bits per heavy atom. The minimum absolute atomic E-state index is 0.0805. The predicted octanol–water partition coefficient (Wildman–Crippen LogP) is 2.91. The van der Waals surface area contributed by atoms with Crippen LogP contribution in [0.3, 0.4) is 0 Å². The second kappa shape index (κ2) is 8.71. The zero-order valence-electron chi connectivity index (χ0n) is 16.1. The molecule has 1 N–H and O–H groups in total. The molecular weight excluding hydrogens is 450 g/mol. The molecule has 0 saturated carbocycles. The predicted molar refractivity (Wildman–Crippen MR) is 115 cm³/mol. The van der Waals surface area contributed by atoms with Gasteiger partial charge >= 0.3 is 0 Å². The molecule has 1 aliphatic heterocycles. The van der Waals surface area contributed by atoms with Crippen LogP contribution in [0.2, 0.25) is 0 Å². The highest BCUT2D eigenvalue weighted by Gasteiger charge is 2.26. The average Bonchev–Trinajstić information content (AvgIpc) is 3.21. The number of fused-ring (bicyclic) bond motifs is 1. The van der Waals surface area contributed by atoms with Crippen LogP contribution in [0.15, 0.2) is 63.5 Å². The van der Waals surface area contributed by atoms with E-state index in [0.717, 1.165) is 9.86 Å². The molecule has 0 radical (unpaired) electrons. The van der Waals surface area contributed by atoms with Gasteiger partial charge in [-0.15, -0.1) is 0 Å². The first-order chi connectivity index (χ1) is 14.5. The van der Waals surface area contributed by atoms with Gasteiger partial charge in [-0.2, -0.15) is 0 Å². The summed E-state index contributed by atoms with van der Waals surface area (Å²) in [5.41, 5.74) is 1.16. The molecule has 0 aliphatic carbocycles. The van der Waals surface area contributed by atoms with Crippen LogP contribution in [0.25, 0.3) is 11.0 Å². The second-order valence-corrected chi connectivity index (χ2v) is 7.93. The molecule has 30 heavy (non-hydrogen) atoms. The number of hydrogen-bond donors (Lipinski definition) is 1. The third-order valence-electron chi connectivity index (χ3n) is 5.04. The van der Waals surface area contributed by atoms with Crippen LogP contribution >= 0.6 is 15.9 Å². The van der Waals surface area contributed by atoms with E-state index in [1.165, 1.54) is 0 Å². The lowest BCUT2D eigenvalue weighted by molar-refractivity contribution is -0.131. The van der Waals surface area contributed by atoms with Gasteiger partial charge in [0.15, 0.2) is 5.76 Å². The standard InChI is InChI=1S/C22H20BrN3O4/c23-17-6-3-5-16(12-17)21(28)24-14-20(27)25-8-10-26(11-9-25)22(29)19-13-15-4-1-2-7-18(15)30-19/h1-7,12-13H,8-11,14H2,(H,24,28). The summed E-state index contributed by atoms with van der Waals surface area (Å²) in [5.74, 6) is -0.351. The molecule has 2 aromatic carbocycles. The maximum atomic E-state index is 12.7. The SMILES string of the molecule is O=C(NCC(=O)N1CCN(C(=O)c2cc3ccccc3o2)CC1)c1cccc(Br)c1. The molecule has 4 rings (SSSR count). The van der Waals surface area contributed by atoms with Gasteiger partial charge in [0.1, 0.15) is 5.58 Å². The fourth-order valence-electron chi connectivity index (χ4n) is 3.40. The Balaban J connectivity index is 1.29. The largest absolute Gasteiger partial charge is 0.451 e. The Morgan fingerprint density at radius 1 is 0.933 bits per heavy atom. The molecule has 0 spiro atoms. The van der Waals surface area contributed by atoms with Gasteiger partial charge in [-0.1, -0.05) is 40.2 Å². The third kappa shape index (κ3) is 4.38. The summed E-state index contributed by atoms with van der Waals surface area (Å²) in [6.07, 6.45) is 0. The van der Waals surface area contributed by atoms with Crippen LogP contribution in [0.1, 0.15) is 20.9 Å². The average molecular weight is 470 g/mol. The number of hydrogen-bond acceptors (Lipinski definition) is 4. The van der Waals surface area contributed by atoms with E-state index in [9.17, 15) is 14.4 Å². The summed E-state index contributed by atoms with van der Waals surface area (Å²) in [4.78, 5) is 40.7. The zero-order valence-corrected chi connectivity index (χ0v) is 17.7. The lowest BCUT2D eigenvalue weighted by Gasteiger charge is -2.34. The first-order valence-electron chi connectivity index (χ1n) is 9.60. The quantitative estimate of drug-likeness (QED) is 0.636. The van der Waals surface area contributed by atoms with E-state index in [2.05, 4.69) is 21.2 Å². The molecule has 154 valence electrons. The monoisotopic (exact) mass is 469 g/mol. The fraction of sp³-hybridized carbons (Fsp3) is 0.227. The Bertz CT molecular complexity index is 1070. The van der Waals surface area contributed by atoms with E-state index in [-0.39, 0.29) is 24.3 Å². The van der Waals surface area contributed by atoms with Gasteiger partial charge in [0, 0.05) is 41.6 Å². The lowest BCUT2D eigenvalue weighted by atomic mass is 10.2. The smallest absolute Gasteiger partial charge is 0.289 e. The number of carbonyl (C=O) groups excluding carboxylic acids is 3. The van der Waals surface area contributed by atoms with Crippen LogP contribution in [0.4, 0.5) is 0 Å². The number of nitrogens with one attached hydrogen (secondary N) is 1. The van der Waals surface area contributed by atoms with Crippen molar-refractivity contribution in [3.63, 3.8) is 0 Å². The molecule has 0 unspecified atom stereocenters. The van der Waals surface area contributed by atoms with Crippen molar-refractivity contribution in [3.8, 4) is 0 Å². The topological polar surface area (TPSA) is 82.9 Å². The van der Waals surface area contributed by atoms with Gasteiger partial charge in [-0.05, 0) is 30.3 Å². The van der Waals surface area contributed by atoms with Crippen molar-refractivity contribution in [1.82, 2.24) is 15.1 Å². The number of nitrogens with zero attached hydrogens (tertiary/aromatic N) is 2. The maximum Gasteiger partial charge on any atom is 0.289 e. The highest BCUT2D eigenvalue weighted by Crippen LogP contribution is 2.20. The van der Waals surface area contributed by atoms with Crippen LogP contribution in [-0.4, -0.2) is 60.2 Å². The number of rotatable bonds is 4. The van der Waals surface area contributed by atoms with E-state index in [1.807, 2.05) is 30.3 Å². The van der Waals surface area contributed by atoms with Crippen molar-refractivity contribution < 1.29 is 18.8 Å².